The van der Waals surface area contributed by atoms with Crippen molar-refractivity contribution in [2.45, 2.75) is 18.6 Å². The van der Waals surface area contributed by atoms with Gasteiger partial charge in [-0.15, -0.1) is 0 Å². The molecular weight excluding hydrogens is 213 g/mol. The number of nitrogens with one attached hydrogen (secondary N) is 1. The number of rotatable bonds is 5. The highest BCUT2D eigenvalue weighted by molar-refractivity contribution is 5.39. The average molecular weight is 229 g/mol. The Morgan fingerprint density at radius 2 is 2.25 bits per heavy atom. The van der Waals surface area contributed by atoms with Crippen LogP contribution in [0.25, 0.3) is 0 Å². The Kier molecular flexibility index (Phi) is 4.60. The molecule has 0 radical (unpaired) electrons. The van der Waals surface area contributed by atoms with Crippen molar-refractivity contribution in [1.29, 1.82) is 0 Å². The van der Waals surface area contributed by atoms with Crippen molar-refractivity contribution >= 4 is 5.69 Å². The summed E-state index contributed by atoms with van der Waals surface area (Å²) in [6, 6.07) is 1.27. The second-order valence-electron chi connectivity index (χ2n) is 3.55. The van der Waals surface area contributed by atoms with Crippen LogP contribution in [0, 0.1) is 5.95 Å². The molecule has 1 rings (SSSR count). The van der Waals surface area contributed by atoms with Crippen molar-refractivity contribution < 1.29 is 14.6 Å². The number of halogens is 1. The van der Waals surface area contributed by atoms with Gasteiger partial charge in [0.2, 0.25) is 5.95 Å². The van der Waals surface area contributed by atoms with Gasteiger partial charge in [-0.2, -0.15) is 4.39 Å². The summed E-state index contributed by atoms with van der Waals surface area (Å²) in [5, 5.41) is 22.2. The summed E-state index contributed by atoms with van der Waals surface area (Å²) < 4.78 is 12.8. The van der Waals surface area contributed by atoms with Crippen LogP contribution in [0.3, 0.4) is 0 Å². The Morgan fingerprint density at radius 1 is 1.56 bits per heavy atom. The summed E-state index contributed by atoms with van der Waals surface area (Å²) in [4.78, 5) is 3.38. The summed E-state index contributed by atoms with van der Waals surface area (Å²) in [5.41, 5.74) is 5.48. The molecule has 0 bridgehead atoms. The number of nitrogens with zero attached hydrogens (tertiary/aromatic N) is 1. The molecule has 0 aliphatic rings. The van der Waals surface area contributed by atoms with Crippen molar-refractivity contribution in [2.75, 3.05) is 19.3 Å². The van der Waals surface area contributed by atoms with Crippen LogP contribution in [0.1, 0.15) is 18.1 Å². The summed E-state index contributed by atoms with van der Waals surface area (Å²) >= 11 is 0. The standard InChI is InChI=1S/C10H16FN3O2/c1-13-3-2-8(15)9(16)6-4-7(12)10(11)14-5-6/h4-5,8-9,13,15-16H,2-3,12H2,1H3. The van der Waals surface area contributed by atoms with Crippen molar-refractivity contribution in [3.63, 3.8) is 0 Å². The van der Waals surface area contributed by atoms with Gasteiger partial charge < -0.3 is 21.3 Å². The van der Waals surface area contributed by atoms with E-state index in [0.29, 0.717) is 18.5 Å². The molecule has 2 atom stereocenters. The molecule has 1 aromatic rings. The zero-order valence-corrected chi connectivity index (χ0v) is 9.02. The van der Waals surface area contributed by atoms with Gasteiger partial charge in [-0.3, -0.25) is 0 Å². The van der Waals surface area contributed by atoms with E-state index in [9.17, 15) is 14.6 Å². The normalized spacial score (nSPS) is 14.8. The van der Waals surface area contributed by atoms with E-state index in [2.05, 4.69) is 10.3 Å². The molecule has 5 nitrogen and oxygen atoms in total. The van der Waals surface area contributed by atoms with Gasteiger partial charge in [0.25, 0.3) is 0 Å². The van der Waals surface area contributed by atoms with Crippen LogP contribution in [0.5, 0.6) is 0 Å². The Hall–Kier alpha value is -1.24. The lowest BCUT2D eigenvalue weighted by Crippen LogP contribution is -2.23. The quantitative estimate of drug-likeness (QED) is 0.525. The fourth-order valence-corrected chi connectivity index (χ4v) is 1.32. The molecule has 0 fully saturated rings. The highest BCUT2D eigenvalue weighted by atomic mass is 19.1. The maximum atomic E-state index is 12.8. The zero-order chi connectivity index (χ0) is 12.1. The Labute approximate surface area is 93.1 Å². The second kappa shape index (κ2) is 5.74. The Morgan fingerprint density at radius 3 is 2.81 bits per heavy atom. The number of pyridine rings is 1. The van der Waals surface area contributed by atoms with E-state index in [0.717, 1.165) is 0 Å². The molecule has 0 amide bonds. The fourth-order valence-electron chi connectivity index (χ4n) is 1.32. The zero-order valence-electron chi connectivity index (χ0n) is 9.02. The van der Waals surface area contributed by atoms with Crippen LogP contribution < -0.4 is 11.1 Å². The summed E-state index contributed by atoms with van der Waals surface area (Å²) in [6.07, 6.45) is -0.490. The largest absolute Gasteiger partial charge is 0.395 e. The van der Waals surface area contributed by atoms with Crippen molar-refractivity contribution in [3.05, 3.63) is 23.8 Å². The smallest absolute Gasteiger partial charge is 0.236 e. The Balaban J connectivity index is 2.71. The number of aliphatic hydroxyl groups is 2. The monoisotopic (exact) mass is 229 g/mol. The first kappa shape index (κ1) is 12.8. The maximum Gasteiger partial charge on any atom is 0.236 e. The number of nitrogen functional groups attached to an aromatic ring is 1. The number of aliphatic hydroxyl groups excluding tert-OH is 2. The molecular formula is C10H16FN3O2. The number of anilines is 1. The van der Waals surface area contributed by atoms with E-state index < -0.39 is 18.2 Å². The minimum absolute atomic E-state index is 0.141. The van der Waals surface area contributed by atoms with Crippen LogP contribution in [-0.2, 0) is 0 Å². The molecule has 1 heterocycles. The Bertz CT molecular complexity index is 349. The SMILES string of the molecule is CNCCC(O)C(O)c1cnc(F)c(N)c1. The average Bonchev–Trinajstić information content (AvgIpc) is 2.28. The van der Waals surface area contributed by atoms with Gasteiger partial charge >= 0.3 is 0 Å². The van der Waals surface area contributed by atoms with Crippen LogP contribution in [0.15, 0.2) is 12.3 Å². The fraction of sp³-hybridized carbons (Fsp3) is 0.500. The molecule has 0 spiro atoms. The number of hydrogen-bond donors (Lipinski definition) is 4. The molecule has 0 aromatic carbocycles. The van der Waals surface area contributed by atoms with Crippen LogP contribution in [0.4, 0.5) is 10.1 Å². The summed E-state index contributed by atoms with van der Waals surface area (Å²) in [5.74, 6) is -0.777. The predicted octanol–water partition coefficient (Wildman–Crippen LogP) is -0.193. The first-order chi connectivity index (χ1) is 7.56. The molecule has 0 aliphatic heterocycles. The van der Waals surface area contributed by atoms with Gasteiger partial charge in [0.1, 0.15) is 6.10 Å². The van der Waals surface area contributed by atoms with E-state index in [1.165, 1.54) is 12.3 Å². The number of hydrogen-bond acceptors (Lipinski definition) is 5. The van der Waals surface area contributed by atoms with E-state index >= 15 is 0 Å². The molecule has 6 heteroatoms. The van der Waals surface area contributed by atoms with E-state index in [1.54, 1.807) is 7.05 Å². The number of aromatic nitrogens is 1. The van der Waals surface area contributed by atoms with Gasteiger partial charge in [0.05, 0.1) is 11.8 Å². The summed E-state index contributed by atoms with van der Waals surface area (Å²) in [7, 11) is 1.75. The molecule has 2 unspecified atom stereocenters. The van der Waals surface area contributed by atoms with Crippen LogP contribution in [-0.4, -0.2) is 34.9 Å². The first-order valence-electron chi connectivity index (χ1n) is 4.98. The van der Waals surface area contributed by atoms with E-state index in [1.807, 2.05) is 0 Å². The maximum absolute atomic E-state index is 12.8. The van der Waals surface area contributed by atoms with Crippen molar-refractivity contribution in [1.82, 2.24) is 10.3 Å². The number of nitrogens with two attached hydrogens (primary N) is 1. The topological polar surface area (TPSA) is 91.4 Å². The third-order valence-corrected chi connectivity index (χ3v) is 2.28. The summed E-state index contributed by atoms with van der Waals surface area (Å²) in [6.45, 7) is 0.572. The second-order valence-corrected chi connectivity index (χ2v) is 3.55. The van der Waals surface area contributed by atoms with Gasteiger partial charge in [-0.05, 0) is 26.1 Å². The minimum Gasteiger partial charge on any atom is -0.395 e. The molecule has 5 N–H and O–H groups in total. The van der Waals surface area contributed by atoms with Gasteiger partial charge in [0, 0.05) is 11.8 Å². The molecule has 0 saturated carbocycles. The molecule has 1 aromatic heterocycles. The van der Waals surface area contributed by atoms with E-state index in [-0.39, 0.29) is 5.69 Å². The van der Waals surface area contributed by atoms with Crippen molar-refractivity contribution in [3.8, 4) is 0 Å². The molecule has 90 valence electrons. The highest BCUT2D eigenvalue weighted by Crippen LogP contribution is 2.20. The van der Waals surface area contributed by atoms with Crippen LogP contribution in [0.2, 0.25) is 0 Å². The van der Waals surface area contributed by atoms with Crippen LogP contribution >= 0.6 is 0 Å². The first-order valence-corrected chi connectivity index (χ1v) is 4.98. The predicted molar refractivity (Wildman–Crippen MR) is 58.1 cm³/mol. The van der Waals surface area contributed by atoms with Gasteiger partial charge in [-0.25, -0.2) is 4.98 Å². The van der Waals surface area contributed by atoms with Gasteiger partial charge in [-0.1, -0.05) is 0 Å². The van der Waals surface area contributed by atoms with E-state index in [4.69, 9.17) is 5.73 Å². The minimum atomic E-state index is -1.11. The molecule has 0 saturated heterocycles. The third-order valence-electron chi connectivity index (χ3n) is 2.28. The lowest BCUT2D eigenvalue weighted by Gasteiger charge is -2.17. The molecule has 0 aliphatic carbocycles. The molecule has 16 heavy (non-hydrogen) atoms. The lowest BCUT2D eigenvalue weighted by atomic mass is 10.0. The highest BCUT2D eigenvalue weighted by Gasteiger charge is 2.19. The van der Waals surface area contributed by atoms with Crippen molar-refractivity contribution in [2.24, 2.45) is 0 Å². The van der Waals surface area contributed by atoms with Gasteiger partial charge in [0.15, 0.2) is 0 Å². The lowest BCUT2D eigenvalue weighted by molar-refractivity contribution is 0.0138. The third kappa shape index (κ3) is 3.13.